The first-order chi connectivity index (χ1) is 8.56. The molecule has 0 radical (unpaired) electrons. The summed E-state index contributed by atoms with van der Waals surface area (Å²) in [6.07, 6.45) is 1.67. The fourth-order valence-corrected chi connectivity index (χ4v) is 3.26. The third kappa shape index (κ3) is 2.78. The quantitative estimate of drug-likeness (QED) is 0.824. The summed E-state index contributed by atoms with van der Waals surface area (Å²) in [6, 6.07) is 9.37. The molecule has 1 amide bonds. The third-order valence-electron chi connectivity index (χ3n) is 3.20. The average Bonchev–Trinajstić information content (AvgIpc) is 2.37. The van der Waals surface area contributed by atoms with Crippen LogP contribution in [-0.4, -0.2) is 32.3 Å². The molecule has 2 rings (SSSR count). The Morgan fingerprint density at radius 2 is 2.00 bits per heavy atom. The fraction of sp³-hybridized carbons (Fsp3) is 0.462. The zero-order valence-electron chi connectivity index (χ0n) is 9.85. The maximum Gasteiger partial charge on any atom is 0.250 e. The minimum Gasteiger partial charge on any atom is -0.394 e. The van der Waals surface area contributed by atoms with Crippen LogP contribution >= 0.6 is 31.9 Å². The number of alkyl halides is 2. The van der Waals surface area contributed by atoms with Gasteiger partial charge in [-0.25, -0.2) is 0 Å². The van der Waals surface area contributed by atoms with Crippen molar-refractivity contribution in [2.24, 2.45) is 0 Å². The second kappa shape index (κ2) is 5.72. The van der Waals surface area contributed by atoms with E-state index in [9.17, 15) is 9.90 Å². The van der Waals surface area contributed by atoms with Crippen LogP contribution in [0.1, 0.15) is 24.4 Å². The summed E-state index contributed by atoms with van der Waals surface area (Å²) in [5.41, 5.74) is 0.964. The molecule has 1 fully saturated rings. The molecule has 1 aromatic carbocycles. The Balaban J connectivity index is 2.26. The number of rotatable bonds is 3. The molecule has 1 heterocycles. The van der Waals surface area contributed by atoms with Gasteiger partial charge in [0.05, 0.1) is 12.6 Å². The van der Waals surface area contributed by atoms with Crippen LogP contribution in [0.2, 0.25) is 0 Å². The molecule has 1 aliphatic heterocycles. The van der Waals surface area contributed by atoms with Crippen molar-refractivity contribution in [3.63, 3.8) is 0 Å². The maximum atomic E-state index is 12.3. The Morgan fingerprint density at radius 3 is 2.61 bits per heavy atom. The molecule has 0 spiro atoms. The molecule has 0 bridgehead atoms. The van der Waals surface area contributed by atoms with Crippen LogP contribution in [0.3, 0.4) is 0 Å². The van der Waals surface area contributed by atoms with E-state index in [-0.39, 0.29) is 18.6 Å². The summed E-state index contributed by atoms with van der Waals surface area (Å²) in [4.78, 5) is 14.1. The highest BCUT2D eigenvalue weighted by atomic mass is 79.9. The van der Waals surface area contributed by atoms with Gasteiger partial charge in [-0.3, -0.25) is 4.79 Å². The molecule has 3 nitrogen and oxygen atoms in total. The Labute approximate surface area is 123 Å². The molecule has 0 saturated carbocycles. The molecule has 1 aromatic rings. The van der Waals surface area contributed by atoms with E-state index < -0.39 is 3.23 Å². The predicted molar refractivity (Wildman–Crippen MR) is 77.8 cm³/mol. The number of halogens is 2. The molecule has 1 saturated heterocycles. The molecule has 98 valence electrons. The lowest BCUT2D eigenvalue weighted by molar-refractivity contribution is -0.136. The SMILES string of the molecule is O=C1N(C(CO)c2ccccc2)CCCC1(Br)Br. The number of hydrogen-bond donors (Lipinski definition) is 1. The van der Waals surface area contributed by atoms with Gasteiger partial charge in [-0.05, 0) is 18.4 Å². The molecule has 18 heavy (non-hydrogen) atoms. The van der Waals surface area contributed by atoms with Crippen molar-refractivity contribution in [1.29, 1.82) is 0 Å². The van der Waals surface area contributed by atoms with E-state index in [1.54, 1.807) is 4.90 Å². The first kappa shape index (κ1) is 14.0. The molecule has 1 N–H and O–H groups in total. The summed E-state index contributed by atoms with van der Waals surface area (Å²) in [7, 11) is 0. The largest absolute Gasteiger partial charge is 0.394 e. The number of likely N-dealkylation sites (tertiary alicyclic amines) is 1. The predicted octanol–water partition coefficient (Wildman–Crippen LogP) is 2.83. The van der Waals surface area contributed by atoms with E-state index in [0.29, 0.717) is 6.54 Å². The monoisotopic (exact) mass is 375 g/mol. The van der Waals surface area contributed by atoms with Crippen LogP contribution in [-0.2, 0) is 4.79 Å². The van der Waals surface area contributed by atoms with E-state index >= 15 is 0 Å². The average molecular weight is 377 g/mol. The number of aliphatic hydroxyl groups excluding tert-OH is 1. The second-order valence-electron chi connectivity index (χ2n) is 4.42. The van der Waals surface area contributed by atoms with Gasteiger partial charge in [-0.2, -0.15) is 0 Å². The maximum absolute atomic E-state index is 12.3. The number of nitrogens with zero attached hydrogens (tertiary/aromatic N) is 1. The van der Waals surface area contributed by atoms with Crippen molar-refractivity contribution < 1.29 is 9.90 Å². The van der Waals surface area contributed by atoms with Gasteiger partial charge < -0.3 is 10.0 Å². The molecule has 1 atom stereocenters. The number of aliphatic hydroxyl groups is 1. The summed E-state index contributed by atoms with van der Waals surface area (Å²) in [6.45, 7) is 0.615. The summed E-state index contributed by atoms with van der Waals surface area (Å²) < 4.78 is -0.680. The van der Waals surface area contributed by atoms with Crippen molar-refractivity contribution in [1.82, 2.24) is 4.90 Å². The number of carbonyl (C=O) groups excluding carboxylic acids is 1. The Hall–Kier alpha value is -0.390. The van der Waals surface area contributed by atoms with Crippen molar-refractivity contribution >= 4 is 37.8 Å². The van der Waals surface area contributed by atoms with E-state index in [0.717, 1.165) is 18.4 Å². The Morgan fingerprint density at radius 1 is 1.33 bits per heavy atom. The van der Waals surface area contributed by atoms with Crippen molar-refractivity contribution in [3.8, 4) is 0 Å². The van der Waals surface area contributed by atoms with Gasteiger partial charge in [0.15, 0.2) is 3.23 Å². The number of benzene rings is 1. The van der Waals surface area contributed by atoms with E-state index in [4.69, 9.17) is 0 Å². The molecule has 1 unspecified atom stereocenters. The lowest BCUT2D eigenvalue weighted by Crippen LogP contribution is -2.49. The first-order valence-corrected chi connectivity index (χ1v) is 7.49. The van der Waals surface area contributed by atoms with Crippen molar-refractivity contribution in [2.75, 3.05) is 13.2 Å². The zero-order valence-corrected chi connectivity index (χ0v) is 13.0. The van der Waals surface area contributed by atoms with Crippen LogP contribution in [0.15, 0.2) is 30.3 Å². The highest BCUT2D eigenvalue weighted by Gasteiger charge is 2.42. The standard InChI is InChI=1S/C13H15Br2NO2/c14-13(15)7-4-8-16(12(13)18)11(9-17)10-5-2-1-3-6-10/h1-3,5-6,11,17H,4,7-9H2. The van der Waals surface area contributed by atoms with Crippen LogP contribution in [0.25, 0.3) is 0 Å². The molecular weight excluding hydrogens is 362 g/mol. The highest BCUT2D eigenvalue weighted by molar-refractivity contribution is 9.25. The number of piperidine rings is 1. The van der Waals surface area contributed by atoms with Crippen LogP contribution < -0.4 is 0 Å². The van der Waals surface area contributed by atoms with Gasteiger partial charge in [0.1, 0.15) is 0 Å². The van der Waals surface area contributed by atoms with Gasteiger partial charge in [0.25, 0.3) is 5.91 Å². The van der Waals surface area contributed by atoms with Gasteiger partial charge in [0.2, 0.25) is 0 Å². The Kier molecular flexibility index (Phi) is 4.45. The first-order valence-electron chi connectivity index (χ1n) is 5.91. The number of hydrogen-bond acceptors (Lipinski definition) is 2. The second-order valence-corrected chi connectivity index (χ2v) is 8.19. The molecular formula is C13H15Br2NO2. The smallest absolute Gasteiger partial charge is 0.250 e. The van der Waals surface area contributed by atoms with Crippen LogP contribution in [0.5, 0.6) is 0 Å². The van der Waals surface area contributed by atoms with E-state index in [1.807, 2.05) is 30.3 Å². The lowest BCUT2D eigenvalue weighted by Gasteiger charge is -2.39. The molecule has 1 aliphatic rings. The highest BCUT2D eigenvalue weighted by Crippen LogP contribution is 2.39. The number of carbonyl (C=O) groups is 1. The Bertz CT molecular complexity index is 422. The van der Waals surface area contributed by atoms with E-state index in [1.165, 1.54) is 0 Å². The fourth-order valence-electron chi connectivity index (χ4n) is 2.25. The number of amides is 1. The molecule has 0 aromatic heterocycles. The molecule has 5 heteroatoms. The summed E-state index contributed by atoms with van der Waals surface area (Å²) >= 11 is 6.82. The summed E-state index contributed by atoms with van der Waals surface area (Å²) in [5, 5.41) is 9.60. The normalized spacial score (nSPS) is 20.8. The van der Waals surface area contributed by atoms with Crippen LogP contribution in [0.4, 0.5) is 0 Å². The van der Waals surface area contributed by atoms with Gasteiger partial charge in [-0.15, -0.1) is 0 Å². The minimum atomic E-state index is -0.680. The zero-order chi connectivity index (χ0) is 13.2. The third-order valence-corrected chi connectivity index (χ3v) is 4.67. The van der Waals surface area contributed by atoms with Crippen molar-refractivity contribution in [2.45, 2.75) is 22.1 Å². The summed E-state index contributed by atoms with van der Waals surface area (Å²) in [5.74, 6) is -0.0170. The van der Waals surface area contributed by atoms with Gasteiger partial charge in [0, 0.05) is 6.54 Å². The van der Waals surface area contributed by atoms with Crippen LogP contribution in [0, 0.1) is 0 Å². The van der Waals surface area contributed by atoms with Gasteiger partial charge in [-0.1, -0.05) is 62.2 Å². The van der Waals surface area contributed by atoms with E-state index in [2.05, 4.69) is 31.9 Å². The minimum absolute atomic E-state index is 0.0170. The molecule has 0 aliphatic carbocycles. The lowest BCUT2D eigenvalue weighted by atomic mass is 10.0. The van der Waals surface area contributed by atoms with Crippen molar-refractivity contribution in [3.05, 3.63) is 35.9 Å². The topological polar surface area (TPSA) is 40.5 Å². The van der Waals surface area contributed by atoms with Gasteiger partial charge >= 0.3 is 0 Å².